The van der Waals surface area contributed by atoms with E-state index in [0.29, 0.717) is 23.4 Å². The predicted molar refractivity (Wildman–Crippen MR) is 115 cm³/mol. The minimum Gasteiger partial charge on any atom is -0.496 e. The number of aromatic nitrogens is 2. The lowest BCUT2D eigenvalue weighted by atomic mass is 10.1. The number of guanidine groups is 1. The summed E-state index contributed by atoms with van der Waals surface area (Å²) in [6.07, 6.45) is -0.601. The number of rotatable bonds is 3. The fraction of sp³-hybridized carbons (Fsp3) is 0.227. The van der Waals surface area contributed by atoms with Gasteiger partial charge in [-0.15, -0.1) is 0 Å². The fourth-order valence-electron chi connectivity index (χ4n) is 3.48. The van der Waals surface area contributed by atoms with Crippen LogP contribution in [0.25, 0.3) is 0 Å². The zero-order valence-corrected chi connectivity index (χ0v) is 16.9. The van der Waals surface area contributed by atoms with Crippen LogP contribution in [0.2, 0.25) is 0 Å². The molecule has 4 rings (SSSR count). The standard InChI is InChI=1S/C22H23N5O2/c1-13-9-10-17(14(2)11-13)24-21-25-20(16-7-5-6-8-18(16)29-4)27-19(28)12-15(3)23-22(27)26-21/h5-12,20H,1-4H3,(H2,23,24,25,26). The molecule has 0 aliphatic carbocycles. The third-order valence-corrected chi connectivity index (χ3v) is 4.86. The van der Waals surface area contributed by atoms with Gasteiger partial charge in [-0.05, 0) is 38.5 Å². The van der Waals surface area contributed by atoms with Crippen molar-refractivity contribution in [2.45, 2.75) is 26.9 Å². The first-order valence-corrected chi connectivity index (χ1v) is 9.38. The van der Waals surface area contributed by atoms with Crippen molar-refractivity contribution in [2.75, 3.05) is 17.7 Å². The van der Waals surface area contributed by atoms with E-state index in [4.69, 9.17) is 9.73 Å². The van der Waals surface area contributed by atoms with Crippen molar-refractivity contribution in [1.29, 1.82) is 0 Å². The Kier molecular flexibility index (Phi) is 4.80. The van der Waals surface area contributed by atoms with Gasteiger partial charge in [0.25, 0.3) is 5.56 Å². The number of methoxy groups -OCH3 is 1. The van der Waals surface area contributed by atoms with Gasteiger partial charge in [-0.3, -0.25) is 14.7 Å². The molecule has 0 bridgehead atoms. The highest BCUT2D eigenvalue weighted by molar-refractivity contribution is 6.04. The molecule has 0 saturated heterocycles. The molecule has 2 N–H and O–H groups in total. The first-order chi connectivity index (χ1) is 14.0. The van der Waals surface area contributed by atoms with Crippen molar-refractivity contribution in [2.24, 2.45) is 4.99 Å². The monoisotopic (exact) mass is 389 g/mol. The number of anilines is 2. The van der Waals surface area contributed by atoms with Crippen LogP contribution in [0.3, 0.4) is 0 Å². The number of hydrogen-bond acceptors (Lipinski definition) is 6. The van der Waals surface area contributed by atoms with Gasteiger partial charge in [0, 0.05) is 23.0 Å². The summed E-state index contributed by atoms with van der Waals surface area (Å²) in [6.45, 7) is 5.89. The predicted octanol–water partition coefficient (Wildman–Crippen LogP) is 3.62. The third-order valence-electron chi connectivity index (χ3n) is 4.86. The van der Waals surface area contributed by atoms with Crippen LogP contribution >= 0.6 is 0 Å². The van der Waals surface area contributed by atoms with Crippen LogP contribution in [0.15, 0.2) is 58.3 Å². The van der Waals surface area contributed by atoms with Gasteiger partial charge in [0.1, 0.15) is 5.75 Å². The molecule has 29 heavy (non-hydrogen) atoms. The van der Waals surface area contributed by atoms with Crippen LogP contribution in [0.5, 0.6) is 5.75 Å². The molecular weight excluding hydrogens is 366 g/mol. The van der Waals surface area contributed by atoms with Gasteiger partial charge >= 0.3 is 0 Å². The van der Waals surface area contributed by atoms with E-state index in [1.165, 1.54) is 16.2 Å². The molecule has 7 nitrogen and oxygen atoms in total. The van der Waals surface area contributed by atoms with E-state index in [1.807, 2.05) is 43.3 Å². The molecule has 7 heteroatoms. The van der Waals surface area contributed by atoms with Gasteiger partial charge in [-0.2, -0.15) is 0 Å². The molecule has 1 unspecified atom stereocenters. The van der Waals surface area contributed by atoms with E-state index < -0.39 is 6.17 Å². The topological polar surface area (TPSA) is 80.5 Å². The highest BCUT2D eigenvalue weighted by Gasteiger charge is 2.27. The number of nitrogens with one attached hydrogen (secondary N) is 2. The highest BCUT2D eigenvalue weighted by atomic mass is 16.5. The number of aliphatic imine (C=N–C) groups is 1. The molecule has 1 atom stereocenters. The Balaban J connectivity index is 1.84. The fourth-order valence-corrected chi connectivity index (χ4v) is 3.48. The first-order valence-electron chi connectivity index (χ1n) is 9.38. The lowest BCUT2D eigenvalue weighted by Gasteiger charge is -2.28. The second kappa shape index (κ2) is 7.43. The van der Waals surface area contributed by atoms with Crippen molar-refractivity contribution < 1.29 is 4.74 Å². The van der Waals surface area contributed by atoms with Crippen molar-refractivity contribution >= 4 is 17.6 Å². The van der Waals surface area contributed by atoms with Crippen molar-refractivity contribution in [3.8, 4) is 5.75 Å². The molecule has 3 aromatic rings. The molecule has 2 aromatic carbocycles. The van der Waals surface area contributed by atoms with Crippen LogP contribution in [0.4, 0.5) is 11.6 Å². The SMILES string of the molecule is COc1ccccc1C1N=C(Nc2ccc(C)cc2C)Nc2nc(C)cc(=O)n21. The molecule has 2 heterocycles. The molecule has 0 amide bonds. The number of aryl methyl sites for hydroxylation is 3. The number of hydrogen-bond donors (Lipinski definition) is 2. The Bertz CT molecular complexity index is 1170. The largest absolute Gasteiger partial charge is 0.496 e. The molecule has 0 radical (unpaired) electrons. The summed E-state index contributed by atoms with van der Waals surface area (Å²) in [4.78, 5) is 22.1. The summed E-state index contributed by atoms with van der Waals surface area (Å²) in [5.74, 6) is 1.62. The van der Waals surface area contributed by atoms with Crippen molar-refractivity contribution in [3.63, 3.8) is 0 Å². The Hall–Kier alpha value is -3.61. The zero-order valence-electron chi connectivity index (χ0n) is 16.9. The molecule has 148 valence electrons. The van der Waals surface area contributed by atoms with Gasteiger partial charge in [-0.25, -0.2) is 9.98 Å². The van der Waals surface area contributed by atoms with Crippen LogP contribution in [-0.2, 0) is 0 Å². The van der Waals surface area contributed by atoms with Crippen molar-refractivity contribution in [1.82, 2.24) is 9.55 Å². The normalized spacial score (nSPS) is 15.2. The summed E-state index contributed by atoms with van der Waals surface area (Å²) < 4.78 is 7.06. The minimum atomic E-state index is -0.601. The molecule has 0 saturated carbocycles. The van der Waals surface area contributed by atoms with E-state index in [-0.39, 0.29) is 5.56 Å². The van der Waals surface area contributed by atoms with E-state index >= 15 is 0 Å². The second-order valence-electron chi connectivity index (χ2n) is 7.09. The van der Waals surface area contributed by atoms with E-state index in [1.54, 1.807) is 14.0 Å². The van der Waals surface area contributed by atoms with Crippen molar-refractivity contribution in [3.05, 3.63) is 81.3 Å². The summed E-state index contributed by atoms with van der Waals surface area (Å²) in [5, 5.41) is 6.49. The molecule has 1 aliphatic heterocycles. The Morgan fingerprint density at radius 1 is 1.10 bits per heavy atom. The maximum absolute atomic E-state index is 12.8. The summed E-state index contributed by atoms with van der Waals surface area (Å²) >= 11 is 0. The number of para-hydroxylation sites is 1. The minimum absolute atomic E-state index is 0.176. The third kappa shape index (κ3) is 3.59. The quantitative estimate of drug-likeness (QED) is 0.715. The molecule has 1 aromatic heterocycles. The Morgan fingerprint density at radius 3 is 2.66 bits per heavy atom. The Labute approximate surface area is 169 Å². The van der Waals surface area contributed by atoms with Crippen LogP contribution in [0.1, 0.15) is 28.6 Å². The lowest BCUT2D eigenvalue weighted by Crippen LogP contribution is -2.38. The van der Waals surface area contributed by atoms with Crippen LogP contribution < -0.4 is 20.9 Å². The molecule has 0 fully saturated rings. The van der Waals surface area contributed by atoms with Crippen LogP contribution in [0, 0.1) is 20.8 Å². The Morgan fingerprint density at radius 2 is 1.90 bits per heavy atom. The van der Waals surface area contributed by atoms with Crippen LogP contribution in [-0.4, -0.2) is 22.6 Å². The van der Waals surface area contributed by atoms with E-state index in [9.17, 15) is 4.79 Å². The zero-order chi connectivity index (χ0) is 20.5. The summed E-state index contributed by atoms with van der Waals surface area (Å²) in [7, 11) is 1.61. The number of benzene rings is 2. The number of nitrogens with zero attached hydrogens (tertiary/aromatic N) is 3. The number of ether oxygens (including phenoxy) is 1. The molecule has 0 spiro atoms. The van der Waals surface area contributed by atoms with Gasteiger partial charge in [0.15, 0.2) is 6.17 Å². The summed E-state index contributed by atoms with van der Waals surface area (Å²) in [5.41, 5.74) is 4.47. The average Bonchev–Trinajstić information content (AvgIpc) is 2.69. The average molecular weight is 389 g/mol. The summed E-state index contributed by atoms with van der Waals surface area (Å²) in [6, 6.07) is 15.2. The van der Waals surface area contributed by atoms with E-state index in [0.717, 1.165) is 16.8 Å². The lowest BCUT2D eigenvalue weighted by molar-refractivity contribution is 0.401. The first kappa shape index (κ1) is 18.7. The second-order valence-corrected chi connectivity index (χ2v) is 7.09. The highest BCUT2D eigenvalue weighted by Crippen LogP contribution is 2.32. The van der Waals surface area contributed by atoms with Gasteiger partial charge in [0.05, 0.1) is 7.11 Å². The number of fused-ring (bicyclic) bond motifs is 1. The smallest absolute Gasteiger partial charge is 0.257 e. The molecule has 1 aliphatic rings. The maximum atomic E-state index is 12.8. The maximum Gasteiger partial charge on any atom is 0.257 e. The van der Waals surface area contributed by atoms with Gasteiger partial charge < -0.3 is 10.1 Å². The van der Waals surface area contributed by atoms with Gasteiger partial charge in [-0.1, -0.05) is 35.9 Å². The van der Waals surface area contributed by atoms with Gasteiger partial charge in [0.2, 0.25) is 11.9 Å². The van der Waals surface area contributed by atoms with E-state index in [2.05, 4.69) is 28.6 Å². The molecular formula is C22H23N5O2.